The Kier molecular flexibility index (Phi) is 3.35. The number of benzene rings is 3. The second-order valence-electron chi connectivity index (χ2n) is 4.83. The van der Waals surface area contributed by atoms with Crippen molar-refractivity contribution in [2.75, 3.05) is 0 Å². The molecule has 4 nitrogen and oxygen atoms in total. The normalized spacial score (nSPS) is 10.5. The predicted molar refractivity (Wildman–Crippen MR) is 82.8 cm³/mol. The number of hydrogen-bond donors (Lipinski definition) is 4. The van der Waals surface area contributed by atoms with Crippen molar-refractivity contribution in [3.05, 3.63) is 60.7 Å². The molecule has 0 saturated carbocycles. The Labute approximate surface area is 127 Å². The molecule has 0 heterocycles. The van der Waals surface area contributed by atoms with Gasteiger partial charge in [-0.3, -0.25) is 0 Å². The van der Waals surface area contributed by atoms with Gasteiger partial charge in [-0.05, 0) is 53.6 Å². The van der Waals surface area contributed by atoms with Crippen molar-refractivity contribution in [2.45, 2.75) is 0 Å². The van der Waals surface area contributed by atoms with Crippen LogP contribution in [0.25, 0.3) is 22.3 Å². The minimum absolute atomic E-state index is 0.0293. The Balaban J connectivity index is 2.30. The summed E-state index contributed by atoms with van der Waals surface area (Å²) in [5.41, 5.74) is 1.85. The number of aromatic hydroxyl groups is 4. The van der Waals surface area contributed by atoms with Crippen molar-refractivity contribution in [3.63, 3.8) is 0 Å². The molecule has 0 aliphatic rings. The zero-order valence-electron chi connectivity index (χ0n) is 11.5. The van der Waals surface area contributed by atoms with Crippen LogP contribution in [0.15, 0.2) is 54.6 Å². The molecule has 0 bridgehead atoms. The zero-order valence-corrected chi connectivity index (χ0v) is 11.5. The lowest BCUT2D eigenvalue weighted by Gasteiger charge is -2.13. The largest absolute Gasteiger partial charge is 0.508 e. The minimum Gasteiger partial charge on any atom is -0.508 e. The molecule has 3 aromatic rings. The lowest BCUT2D eigenvalue weighted by Crippen LogP contribution is -1.87. The Morgan fingerprint density at radius 3 is 2.23 bits per heavy atom. The third-order valence-electron chi connectivity index (χ3n) is 3.42. The second kappa shape index (κ2) is 5.33. The van der Waals surface area contributed by atoms with Gasteiger partial charge >= 0.3 is 0 Å². The van der Waals surface area contributed by atoms with Gasteiger partial charge in [0.2, 0.25) is 0 Å². The molecule has 4 heteroatoms. The van der Waals surface area contributed by atoms with Gasteiger partial charge in [-0.25, -0.2) is 0 Å². The number of para-hydroxylation sites is 1. The SMILES string of the molecule is Oc1ccc(-c2[c]ccc(O)c2O)c(-c2ccccc2O)c1. The highest BCUT2D eigenvalue weighted by Gasteiger charge is 2.16. The molecule has 3 aromatic carbocycles. The van der Waals surface area contributed by atoms with E-state index in [1.54, 1.807) is 24.3 Å². The summed E-state index contributed by atoms with van der Waals surface area (Å²) in [4.78, 5) is 0. The summed E-state index contributed by atoms with van der Waals surface area (Å²) in [6, 6.07) is 16.9. The van der Waals surface area contributed by atoms with E-state index in [9.17, 15) is 20.4 Å². The molecule has 0 spiro atoms. The van der Waals surface area contributed by atoms with Crippen molar-refractivity contribution < 1.29 is 20.4 Å². The number of phenolic OH excluding ortho intramolecular Hbond substituents is 4. The van der Waals surface area contributed by atoms with Crippen LogP contribution in [0.4, 0.5) is 0 Å². The maximum absolute atomic E-state index is 10.1. The van der Waals surface area contributed by atoms with E-state index in [0.717, 1.165) is 0 Å². The third-order valence-corrected chi connectivity index (χ3v) is 3.42. The van der Waals surface area contributed by atoms with Crippen LogP contribution in [0.1, 0.15) is 0 Å². The molecular weight excluding hydrogens is 280 g/mol. The highest BCUT2D eigenvalue weighted by atomic mass is 16.3. The lowest BCUT2D eigenvalue weighted by atomic mass is 9.93. The van der Waals surface area contributed by atoms with Gasteiger partial charge in [-0.2, -0.15) is 0 Å². The summed E-state index contributed by atoms with van der Waals surface area (Å²) in [6.45, 7) is 0. The van der Waals surface area contributed by atoms with Crippen LogP contribution in [0.2, 0.25) is 0 Å². The maximum atomic E-state index is 10.1. The van der Waals surface area contributed by atoms with E-state index in [0.29, 0.717) is 22.3 Å². The number of rotatable bonds is 2. The quantitative estimate of drug-likeness (QED) is 0.544. The minimum atomic E-state index is -0.301. The first-order chi connectivity index (χ1) is 10.6. The van der Waals surface area contributed by atoms with E-state index < -0.39 is 0 Å². The van der Waals surface area contributed by atoms with Crippen molar-refractivity contribution in [2.24, 2.45) is 0 Å². The standard InChI is InChI=1S/C18H13O4/c19-11-8-9-12(14-5-3-7-17(21)18(14)22)15(10-11)13-4-1-2-6-16(13)20/h1-4,6-10,19-22H. The molecular formula is C18H13O4. The Bertz CT molecular complexity index is 840. The average molecular weight is 293 g/mol. The summed E-state index contributed by atoms with van der Waals surface area (Å²) < 4.78 is 0. The molecule has 0 fully saturated rings. The molecule has 3 rings (SSSR count). The van der Waals surface area contributed by atoms with Gasteiger partial charge in [-0.1, -0.05) is 18.2 Å². The topological polar surface area (TPSA) is 80.9 Å². The van der Waals surface area contributed by atoms with Crippen molar-refractivity contribution in [3.8, 4) is 45.3 Å². The molecule has 109 valence electrons. The predicted octanol–water partition coefficient (Wildman–Crippen LogP) is 3.64. The fraction of sp³-hybridized carbons (Fsp3) is 0. The summed E-state index contributed by atoms with van der Waals surface area (Å²) in [7, 11) is 0. The molecule has 0 aliphatic carbocycles. The van der Waals surface area contributed by atoms with E-state index in [-0.39, 0.29) is 23.0 Å². The van der Waals surface area contributed by atoms with Gasteiger partial charge in [0.15, 0.2) is 11.5 Å². The lowest BCUT2D eigenvalue weighted by molar-refractivity contribution is 0.405. The van der Waals surface area contributed by atoms with Crippen LogP contribution in [-0.4, -0.2) is 20.4 Å². The summed E-state index contributed by atoms with van der Waals surface area (Å²) >= 11 is 0. The average Bonchev–Trinajstić information content (AvgIpc) is 2.51. The molecule has 1 radical (unpaired) electrons. The van der Waals surface area contributed by atoms with Gasteiger partial charge in [0.05, 0.1) is 0 Å². The number of phenols is 4. The first kappa shape index (κ1) is 13.8. The number of hydrogen-bond acceptors (Lipinski definition) is 4. The molecule has 0 unspecified atom stereocenters. The van der Waals surface area contributed by atoms with Crippen molar-refractivity contribution >= 4 is 0 Å². The fourth-order valence-electron chi connectivity index (χ4n) is 2.36. The molecule has 22 heavy (non-hydrogen) atoms. The zero-order chi connectivity index (χ0) is 15.7. The summed E-state index contributed by atoms with van der Waals surface area (Å²) in [5.74, 6) is -0.481. The van der Waals surface area contributed by atoms with Gasteiger partial charge in [-0.15, -0.1) is 0 Å². The Hall–Kier alpha value is -3.14. The van der Waals surface area contributed by atoms with Crippen molar-refractivity contribution in [1.29, 1.82) is 0 Å². The first-order valence-electron chi connectivity index (χ1n) is 6.62. The molecule has 0 saturated heterocycles. The van der Waals surface area contributed by atoms with E-state index >= 15 is 0 Å². The van der Waals surface area contributed by atoms with Crippen LogP contribution in [0.5, 0.6) is 23.0 Å². The highest BCUT2D eigenvalue weighted by Crippen LogP contribution is 2.43. The monoisotopic (exact) mass is 293 g/mol. The van der Waals surface area contributed by atoms with Crippen LogP contribution < -0.4 is 0 Å². The molecule has 0 amide bonds. The van der Waals surface area contributed by atoms with E-state index in [1.807, 2.05) is 0 Å². The van der Waals surface area contributed by atoms with Gasteiger partial charge < -0.3 is 20.4 Å². The Morgan fingerprint density at radius 2 is 1.45 bits per heavy atom. The summed E-state index contributed by atoms with van der Waals surface area (Å²) in [6.07, 6.45) is 0. The molecule has 0 atom stereocenters. The first-order valence-corrected chi connectivity index (χ1v) is 6.62. The van der Waals surface area contributed by atoms with Crippen LogP contribution >= 0.6 is 0 Å². The third kappa shape index (κ3) is 2.31. The van der Waals surface area contributed by atoms with E-state index in [1.165, 1.54) is 30.3 Å². The van der Waals surface area contributed by atoms with Gasteiger partial charge in [0.25, 0.3) is 0 Å². The van der Waals surface area contributed by atoms with E-state index in [4.69, 9.17) is 0 Å². The smallest absolute Gasteiger partial charge is 0.166 e. The van der Waals surface area contributed by atoms with E-state index in [2.05, 4.69) is 6.07 Å². The second-order valence-corrected chi connectivity index (χ2v) is 4.83. The summed E-state index contributed by atoms with van der Waals surface area (Å²) in [5, 5.41) is 39.5. The highest BCUT2D eigenvalue weighted by molar-refractivity contribution is 5.89. The van der Waals surface area contributed by atoms with Crippen molar-refractivity contribution in [1.82, 2.24) is 0 Å². The molecule has 0 aromatic heterocycles. The van der Waals surface area contributed by atoms with Crippen LogP contribution in [-0.2, 0) is 0 Å². The van der Waals surface area contributed by atoms with Gasteiger partial charge in [0, 0.05) is 11.1 Å². The Morgan fingerprint density at radius 1 is 0.682 bits per heavy atom. The van der Waals surface area contributed by atoms with Crippen LogP contribution in [0.3, 0.4) is 0 Å². The fourth-order valence-corrected chi connectivity index (χ4v) is 2.36. The molecule has 0 aliphatic heterocycles. The maximum Gasteiger partial charge on any atom is 0.166 e. The van der Waals surface area contributed by atoms with Crippen LogP contribution in [0, 0.1) is 6.07 Å². The van der Waals surface area contributed by atoms with Gasteiger partial charge in [0.1, 0.15) is 11.5 Å². The molecule has 4 N–H and O–H groups in total.